The van der Waals surface area contributed by atoms with E-state index in [0.29, 0.717) is 17.4 Å². The Hall–Kier alpha value is -0.890. The number of rotatable bonds is 2. The summed E-state index contributed by atoms with van der Waals surface area (Å²) in [6.45, 7) is 2.22. The molecule has 1 aliphatic rings. The summed E-state index contributed by atoms with van der Waals surface area (Å²) in [5.41, 5.74) is 6.83. The monoisotopic (exact) mass is 207 g/mol. The highest BCUT2D eigenvalue weighted by molar-refractivity contribution is 5.21. The highest BCUT2D eigenvalue weighted by atomic mass is 19.1. The van der Waals surface area contributed by atoms with Gasteiger partial charge in [0.05, 0.1) is 0 Å². The molecule has 2 heteroatoms. The Bertz CT molecular complexity index is 337. The molecular weight excluding hydrogens is 189 g/mol. The van der Waals surface area contributed by atoms with Crippen molar-refractivity contribution in [3.8, 4) is 0 Å². The summed E-state index contributed by atoms with van der Waals surface area (Å²) in [7, 11) is 0. The molecule has 1 saturated carbocycles. The molecule has 15 heavy (non-hydrogen) atoms. The van der Waals surface area contributed by atoms with Crippen molar-refractivity contribution in [3.05, 3.63) is 35.6 Å². The van der Waals surface area contributed by atoms with E-state index in [2.05, 4.69) is 6.92 Å². The highest BCUT2D eigenvalue weighted by Gasteiger charge is 2.30. The Morgan fingerprint density at radius 3 is 2.67 bits per heavy atom. The van der Waals surface area contributed by atoms with Crippen LogP contribution in [0.15, 0.2) is 24.3 Å². The van der Waals surface area contributed by atoms with Crippen molar-refractivity contribution < 1.29 is 4.39 Å². The predicted octanol–water partition coefficient (Wildman–Crippen LogP) is 3.26. The highest BCUT2D eigenvalue weighted by Crippen LogP contribution is 2.39. The molecule has 0 spiro atoms. The first-order valence-electron chi connectivity index (χ1n) is 5.70. The smallest absolute Gasteiger partial charge is 0.127 e. The van der Waals surface area contributed by atoms with Gasteiger partial charge < -0.3 is 5.73 Å². The lowest BCUT2D eigenvalue weighted by molar-refractivity contribution is 0.344. The second-order valence-electron chi connectivity index (χ2n) is 4.62. The molecule has 1 aromatic rings. The number of hydrogen-bond donors (Lipinski definition) is 1. The lowest BCUT2D eigenvalue weighted by atomic mass is 9.86. The van der Waals surface area contributed by atoms with Gasteiger partial charge in [0.2, 0.25) is 0 Å². The lowest BCUT2D eigenvalue weighted by Gasteiger charge is -2.23. The Labute approximate surface area is 90.5 Å². The summed E-state index contributed by atoms with van der Waals surface area (Å²) in [4.78, 5) is 0. The molecule has 3 atom stereocenters. The van der Waals surface area contributed by atoms with E-state index in [1.54, 1.807) is 6.07 Å². The zero-order valence-corrected chi connectivity index (χ0v) is 9.12. The number of hydrogen-bond acceptors (Lipinski definition) is 1. The fourth-order valence-corrected chi connectivity index (χ4v) is 2.68. The predicted molar refractivity (Wildman–Crippen MR) is 59.8 cm³/mol. The number of benzene rings is 1. The number of nitrogens with two attached hydrogens (primary N) is 1. The van der Waals surface area contributed by atoms with E-state index < -0.39 is 0 Å². The van der Waals surface area contributed by atoms with Crippen LogP contribution in [0.4, 0.5) is 4.39 Å². The topological polar surface area (TPSA) is 26.0 Å². The van der Waals surface area contributed by atoms with E-state index in [4.69, 9.17) is 5.73 Å². The average molecular weight is 207 g/mol. The van der Waals surface area contributed by atoms with Gasteiger partial charge in [0.15, 0.2) is 0 Å². The van der Waals surface area contributed by atoms with Crippen LogP contribution in [0.5, 0.6) is 0 Å². The summed E-state index contributed by atoms with van der Waals surface area (Å²) in [5.74, 6) is 0.908. The van der Waals surface area contributed by atoms with Gasteiger partial charge in [0.25, 0.3) is 0 Å². The van der Waals surface area contributed by atoms with Crippen molar-refractivity contribution in [2.45, 2.75) is 32.2 Å². The average Bonchev–Trinajstić information content (AvgIpc) is 2.64. The van der Waals surface area contributed by atoms with Gasteiger partial charge in [-0.25, -0.2) is 4.39 Å². The zero-order chi connectivity index (χ0) is 10.8. The molecule has 1 aliphatic carbocycles. The maximum absolute atomic E-state index is 13.5. The maximum atomic E-state index is 13.5. The van der Waals surface area contributed by atoms with Crippen molar-refractivity contribution in [2.24, 2.45) is 17.6 Å². The molecule has 2 N–H and O–H groups in total. The Balaban J connectivity index is 2.20. The Morgan fingerprint density at radius 2 is 2.07 bits per heavy atom. The second kappa shape index (κ2) is 4.31. The Kier molecular flexibility index (Phi) is 3.06. The molecule has 1 fully saturated rings. The van der Waals surface area contributed by atoms with Crippen molar-refractivity contribution in [3.63, 3.8) is 0 Å². The van der Waals surface area contributed by atoms with Gasteiger partial charge in [-0.2, -0.15) is 0 Å². The summed E-state index contributed by atoms with van der Waals surface area (Å²) >= 11 is 0. The fraction of sp³-hybridized carbons (Fsp3) is 0.538. The van der Waals surface area contributed by atoms with Crippen LogP contribution >= 0.6 is 0 Å². The molecule has 3 unspecified atom stereocenters. The molecule has 0 bridgehead atoms. The second-order valence-corrected chi connectivity index (χ2v) is 4.62. The van der Waals surface area contributed by atoms with E-state index >= 15 is 0 Å². The molecule has 1 nitrogen and oxygen atoms in total. The van der Waals surface area contributed by atoms with Crippen molar-refractivity contribution in [2.75, 3.05) is 0 Å². The molecule has 0 heterocycles. The third-order valence-corrected chi connectivity index (χ3v) is 3.65. The van der Waals surface area contributed by atoms with Gasteiger partial charge in [-0.05, 0) is 24.3 Å². The van der Waals surface area contributed by atoms with Crippen molar-refractivity contribution in [1.82, 2.24) is 0 Å². The minimum Gasteiger partial charge on any atom is -0.324 e. The normalized spacial score (nSPS) is 27.9. The van der Waals surface area contributed by atoms with Crippen LogP contribution in [0.1, 0.15) is 37.8 Å². The fourth-order valence-electron chi connectivity index (χ4n) is 2.68. The van der Waals surface area contributed by atoms with Gasteiger partial charge in [-0.15, -0.1) is 0 Å². The molecule has 82 valence electrons. The van der Waals surface area contributed by atoms with Crippen LogP contribution in [0.25, 0.3) is 0 Å². The molecule has 2 rings (SSSR count). The summed E-state index contributed by atoms with van der Waals surface area (Å²) in [6.07, 6.45) is 3.59. The molecule has 0 aromatic heterocycles. The lowest BCUT2D eigenvalue weighted by Crippen LogP contribution is -2.24. The van der Waals surface area contributed by atoms with Crippen LogP contribution in [-0.2, 0) is 0 Å². The van der Waals surface area contributed by atoms with Gasteiger partial charge in [-0.3, -0.25) is 0 Å². The van der Waals surface area contributed by atoms with Crippen molar-refractivity contribution in [1.29, 1.82) is 0 Å². The van der Waals surface area contributed by atoms with E-state index in [0.717, 1.165) is 6.42 Å². The minimum atomic E-state index is -0.163. The summed E-state index contributed by atoms with van der Waals surface area (Å²) in [5, 5.41) is 0. The molecule has 0 aliphatic heterocycles. The molecule has 0 amide bonds. The minimum absolute atomic E-state index is 0.135. The molecule has 0 radical (unpaired) electrons. The van der Waals surface area contributed by atoms with E-state index in [9.17, 15) is 4.39 Å². The first-order chi connectivity index (χ1) is 7.20. The van der Waals surface area contributed by atoms with Gasteiger partial charge in [-0.1, -0.05) is 38.0 Å². The SMILES string of the molecule is CC1CCCC1C(N)c1ccccc1F. The van der Waals surface area contributed by atoms with E-state index in [-0.39, 0.29) is 11.9 Å². The Morgan fingerprint density at radius 1 is 1.33 bits per heavy atom. The zero-order valence-electron chi connectivity index (χ0n) is 9.12. The molecular formula is C13H18FN. The van der Waals surface area contributed by atoms with Crippen LogP contribution in [0, 0.1) is 17.7 Å². The largest absolute Gasteiger partial charge is 0.324 e. The van der Waals surface area contributed by atoms with Gasteiger partial charge >= 0.3 is 0 Å². The standard InChI is InChI=1S/C13H18FN/c1-9-5-4-7-10(9)13(15)11-6-2-3-8-12(11)14/h2-3,6,8-10,13H,4-5,7,15H2,1H3. The van der Waals surface area contributed by atoms with Crippen LogP contribution < -0.4 is 5.73 Å². The molecule has 1 aromatic carbocycles. The molecule has 0 saturated heterocycles. The van der Waals surface area contributed by atoms with Crippen molar-refractivity contribution >= 4 is 0 Å². The van der Waals surface area contributed by atoms with E-state index in [1.165, 1.54) is 18.9 Å². The van der Waals surface area contributed by atoms with Gasteiger partial charge in [0.1, 0.15) is 5.82 Å². The summed E-state index contributed by atoms with van der Waals surface area (Å²) in [6, 6.07) is 6.74. The summed E-state index contributed by atoms with van der Waals surface area (Å²) < 4.78 is 13.5. The first kappa shape index (κ1) is 10.6. The van der Waals surface area contributed by atoms with Crippen LogP contribution in [-0.4, -0.2) is 0 Å². The first-order valence-corrected chi connectivity index (χ1v) is 5.70. The van der Waals surface area contributed by atoms with Crippen LogP contribution in [0.2, 0.25) is 0 Å². The quantitative estimate of drug-likeness (QED) is 0.791. The van der Waals surface area contributed by atoms with Crippen LogP contribution in [0.3, 0.4) is 0 Å². The van der Waals surface area contributed by atoms with E-state index in [1.807, 2.05) is 12.1 Å². The third-order valence-electron chi connectivity index (χ3n) is 3.65. The maximum Gasteiger partial charge on any atom is 0.127 e. The third kappa shape index (κ3) is 2.05. The number of halogens is 1. The van der Waals surface area contributed by atoms with Gasteiger partial charge in [0, 0.05) is 11.6 Å².